The number of piperazine rings is 2. The maximum absolute atomic E-state index is 12.9. The smallest absolute Gasteiger partial charge is 0.226 e. The molecule has 0 saturated carbocycles. The van der Waals surface area contributed by atoms with Gasteiger partial charge < -0.3 is 15.1 Å². The number of carbonyl (C=O) groups excluding carboxylic acids is 2. The molecule has 25 heavy (non-hydrogen) atoms. The van der Waals surface area contributed by atoms with Gasteiger partial charge in [-0.3, -0.25) is 14.5 Å². The van der Waals surface area contributed by atoms with Crippen LogP contribution in [0.15, 0.2) is 0 Å². The van der Waals surface area contributed by atoms with E-state index in [-0.39, 0.29) is 23.7 Å². The van der Waals surface area contributed by atoms with Crippen LogP contribution in [0.5, 0.6) is 0 Å². The summed E-state index contributed by atoms with van der Waals surface area (Å²) >= 11 is 0. The van der Waals surface area contributed by atoms with Gasteiger partial charge in [-0.2, -0.15) is 0 Å². The molecule has 3 fully saturated rings. The zero-order valence-corrected chi connectivity index (χ0v) is 16.4. The van der Waals surface area contributed by atoms with Crippen molar-refractivity contribution in [3.8, 4) is 0 Å². The van der Waals surface area contributed by atoms with Crippen molar-refractivity contribution in [3.05, 3.63) is 0 Å². The number of hydrogen-bond acceptors (Lipinski definition) is 4. The molecule has 0 aliphatic carbocycles. The Balaban J connectivity index is 1.52. The fourth-order valence-electron chi connectivity index (χ4n) is 4.82. The highest BCUT2D eigenvalue weighted by Crippen LogP contribution is 2.32. The number of likely N-dealkylation sites (tertiary alicyclic amines) is 2. The zero-order chi connectivity index (χ0) is 18.3. The van der Waals surface area contributed by atoms with E-state index in [1.807, 2.05) is 18.7 Å². The summed E-state index contributed by atoms with van der Waals surface area (Å²) < 4.78 is 0. The number of amides is 2. The van der Waals surface area contributed by atoms with E-state index in [9.17, 15) is 9.59 Å². The molecule has 3 rings (SSSR count). The first-order chi connectivity index (χ1) is 11.8. The first-order valence-electron chi connectivity index (χ1n) is 9.85. The van der Waals surface area contributed by atoms with Crippen LogP contribution in [-0.4, -0.2) is 83.4 Å². The van der Waals surface area contributed by atoms with E-state index in [0.717, 1.165) is 39.1 Å². The fourth-order valence-corrected chi connectivity index (χ4v) is 4.82. The Kier molecular flexibility index (Phi) is 5.40. The van der Waals surface area contributed by atoms with Crippen molar-refractivity contribution < 1.29 is 9.59 Å². The van der Waals surface area contributed by atoms with Gasteiger partial charge >= 0.3 is 0 Å². The molecule has 3 heterocycles. The van der Waals surface area contributed by atoms with Crippen molar-refractivity contribution in [1.29, 1.82) is 0 Å². The molecule has 0 radical (unpaired) electrons. The van der Waals surface area contributed by atoms with Gasteiger partial charge in [-0.05, 0) is 20.3 Å². The molecule has 3 aliphatic heterocycles. The molecule has 0 aromatic rings. The molecule has 2 bridgehead atoms. The Hall–Kier alpha value is -1.14. The van der Waals surface area contributed by atoms with Crippen molar-refractivity contribution in [3.63, 3.8) is 0 Å². The minimum atomic E-state index is 0.0195. The topological polar surface area (TPSA) is 55.9 Å². The van der Waals surface area contributed by atoms with Gasteiger partial charge in [0.25, 0.3) is 0 Å². The summed E-state index contributed by atoms with van der Waals surface area (Å²) in [6, 6.07) is 1.50. The molecule has 3 aliphatic rings. The summed E-state index contributed by atoms with van der Waals surface area (Å²) in [6.45, 7) is 14.5. The Labute approximate surface area is 151 Å². The van der Waals surface area contributed by atoms with E-state index in [1.165, 1.54) is 0 Å². The van der Waals surface area contributed by atoms with Gasteiger partial charge in [0.1, 0.15) is 0 Å². The van der Waals surface area contributed by atoms with Crippen LogP contribution in [0.2, 0.25) is 0 Å². The number of rotatable bonds is 4. The second-order valence-corrected chi connectivity index (χ2v) is 8.76. The highest BCUT2D eigenvalue weighted by atomic mass is 16.2. The lowest BCUT2D eigenvalue weighted by molar-refractivity contribution is -0.139. The molecule has 5 atom stereocenters. The van der Waals surface area contributed by atoms with Gasteiger partial charge in [0, 0.05) is 68.7 Å². The summed E-state index contributed by atoms with van der Waals surface area (Å²) in [5.74, 6) is 0.647. The Morgan fingerprint density at radius 1 is 0.960 bits per heavy atom. The number of nitrogens with zero attached hydrogens (tertiary/aromatic N) is 3. The molecule has 3 saturated heterocycles. The third-order valence-electron chi connectivity index (χ3n) is 5.93. The predicted molar refractivity (Wildman–Crippen MR) is 98.1 cm³/mol. The van der Waals surface area contributed by atoms with Gasteiger partial charge in [-0.1, -0.05) is 20.8 Å². The van der Waals surface area contributed by atoms with Gasteiger partial charge in [0.15, 0.2) is 0 Å². The van der Waals surface area contributed by atoms with Gasteiger partial charge in [0.05, 0.1) is 0 Å². The first kappa shape index (κ1) is 18.6. The average molecular weight is 351 g/mol. The van der Waals surface area contributed by atoms with Crippen LogP contribution in [0.4, 0.5) is 0 Å². The van der Waals surface area contributed by atoms with E-state index in [0.29, 0.717) is 24.2 Å². The van der Waals surface area contributed by atoms with E-state index >= 15 is 0 Å². The number of fused-ring (bicyclic) bond motifs is 2. The second kappa shape index (κ2) is 7.23. The SMILES string of the molecule is CC1CN(C(=O)C(C)CN2C[C@@H]3C[C@H]2CN3C(=O)C(C)C)CC(C)N1. The van der Waals surface area contributed by atoms with Crippen LogP contribution in [0, 0.1) is 11.8 Å². The molecule has 6 heteroatoms. The van der Waals surface area contributed by atoms with E-state index < -0.39 is 0 Å². The lowest BCUT2D eigenvalue weighted by Crippen LogP contribution is -2.57. The molecule has 142 valence electrons. The molecule has 6 nitrogen and oxygen atoms in total. The largest absolute Gasteiger partial charge is 0.339 e. The molecular weight excluding hydrogens is 316 g/mol. The fraction of sp³-hybridized carbons (Fsp3) is 0.895. The normalized spacial score (nSPS) is 34.0. The molecule has 0 aromatic carbocycles. The van der Waals surface area contributed by atoms with E-state index in [4.69, 9.17) is 0 Å². The lowest BCUT2D eigenvalue weighted by Gasteiger charge is -2.39. The third kappa shape index (κ3) is 3.85. The molecule has 0 aromatic heterocycles. The molecule has 1 N–H and O–H groups in total. The van der Waals surface area contributed by atoms with Crippen molar-refractivity contribution in [2.24, 2.45) is 11.8 Å². The summed E-state index contributed by atoms with van der Waals surface area (Å²) in [5.41, 5.74) is 0. The maximum atomic E-state index is 12.9. The first-order valence-corrected chi connectivity index (χ1v) is 9.85. The Bertz CT molecular complexity index is 514. The highest BCUT2D eigenvalue weighted by molar-refractivity contribution is 5.79. The summed E-state index contributed by atoms with van der Waals surface area (Å²) in [5, 5.41) is 3.48. The standard InChI is InChI=1S/C19H34N4O2/c1-12(2)18(24)23-11-16-6-17(23)10-21(16)7-13(3)19(25)22-8-14(4)20-15(5)9-22/h12-17,20H,6-11H2,1-5H3/t13?,14?,15?,16-,17-/m0/s1. The quantitative estimate of drug-likeness (QED) is 0.814. The van der Waals surface area contributed by atoms with Crippen LogP contribution < -0.4 is 5.32 Å². The molecule has 0 spiro atoms. The third-order valence-corrected chi connectivity index (χ3v) is 5.93. The van der Waals surface area contributed by atoms with Crippen LogP contribution in [-0.2, 0) is 9.59 Å². The molecule has 2 amide bonds. The second-order valence-electron chi connectivity index (χ2n) is 8.76. The summed E-state index contributed by atoms with van der Waals surface area (Å²) in [4.78, 5) is 31.7. The highest BCUT2D eigenvalue weighted by Gasteiger charge is 2.46. The van der Waals surface area contributed by atoms with Gasteiger partial charge in [-0.15, -0.1) is 0 Å². The lowest BCUT2D eigenvalue weighted by atomic mass is 10.1. The van der Waals surface area contributed by atoms with Gasteiger partial charge in [-0.25, -0.2) is 0 Å². The van der Waals surface area contributed by atoms with Crippen LogP contribution in [0.25, 0.3) is 0 Å². The number of hydrogen-bond donors (Lipinski definition) is 1. The van der Waals surface area contributed by atoms with Crippen LogP contribution >= 0.6 is 0 Å². The average Bonchev–Trinajstić information content (AvgIpc) is 3.12. The summed E-state index contributed by atoms with van der Waals surface area (Å²) in [6.07, 6.45) is 1.07. The minimum absolute atomic E-state index is 0.0195. The Morgan fingerprint density at radius 3 is 2.12 bits per heavy atom. The van der Waals surface area contributed by atoms with E-state index in [2.05, 4.69) is 35.9 Å². The minimum Gasteiger partial charge on any atom is -0.339 e. The molecular formula is C19H34N4O2. The predicted octanol–water partition coefficient (Wildman–Crippen LogP) is 0.772. The van der Waals surface area contributed by atoms with Crippen molar-refractivity contribution in [1.82, 2.24) is 20.0 Å². The maximum Gasteiger partial charge on any atom is 0.226 e. The number of nitrogens with one attached hydrogen (secondary N) is 1. The zero-order valence-electron chi connectivity index (χ0n) is 16.4. The van der Waals surface area contributed by atoms with Crippen LogP contribution in [0.3, 0.4) is 0 Å². The number of carbonyl (C=O) groups is 2. The monoisotopic (exact) mass is 350 g/mol. The van der Waals surface area contributed by atoms with Gasteiger partial charge in [0.2, 0.25) is 11.8 Å². The van der Waals surface area contributed by atoms with E-state index in [1.54, 1.807) is 0 Å². The van der Waals surface area contributed by atoms with Crippen molar-refractivity contribution in [2.75, 3.05) is 32.7 Å². The summed E-state index contributed by atoms with van der Waals surface area (Å²) in [7, 11) is 0. The Morgan fingerprint density at radius 2 is 1.60 bits per heavy atom. The van der Waals surface area contributed by atoms with Crippen molar-refractivity contribution in [2.45, 2.75) is 65.2 Å². The molecule has 3 unspecified atom stereocenters. The van der Waals surface area contributed by atoms with Crippen LogP contribution in [0.1, 0.15) is 41.0 Å². The van der Waals surface area contributed by atoms with Crippen molar-refractivity contribution >= 4 is 11.8 Å².